The van der Waals surface area contributed by atoms with Crippen molar-refractivity contribution < 1.29 is 24.9 Å². The first-order valence-electron chi connectivity index (χ1n) is 5.85. The summed E-state index contributed by atoms with van der Waals surface area (Å²) in [5, 5.41) is 29.8. The van der Waals surface area contributed by atoms with E-state index in [0.29, 0.717) is 5.75 Å². The number of ether oxygens (including phenoxy) is 1. The molecule has 0 heterocycles. The zero-order valence-electron chi connectivity index (χ0n) is 10.8. The fourth-order valence-electron chi connectivity index (χ4n) is 1.54. The summed E-state index contributed by atoms with van der Waals surface area (Å²) in [5.41, 5.74) is -0.621. The average Bonchev–Trinajstić information content (AvgIpc) is 2.46. The zero-order valence-corrected chi connectivity index (χ0v) is 10.8. The Bertz CT molecular complexity index is 392. The summed E-state index contributed by atoms with van der Waals surface area (Å²) in [6, 6.07) is 6.97. The van der Waals surface area contributed by atoms with Crippen LogP contribution in [-0.2, 0) is 11.2 Å². The van der Waals surface area contributed by atoms with Crippen LogP contribution in [0.3, 0.4) is 0 Å². The molecule has 6 nitrogen and oxygen atoms in total. The van der Waals surface area contributed by atoms with Crippen LogP contribution in [0.5, 0.6) is 5.75 Å². The maximum absolute atomic E-state index is 11.8. The molecular formula is C13H19NO5. The minimum absolute atomic E-state index is 0.0890. The highest BCUT2D eigenvalue weighted by Gasteiger charge is 2.29. The Morgan fingerprint density at radius 2 is 1.68 bits per heavy atom. The first-order valence-corrected chi connectivity index (χ1v) is 5.85. The van der Waals surface area contributed by atoms with Crippen LogP contribution in [0.15, 0.2) is 24.3 Å². The van der Waals surface area contributed by atoms with Gasteiger partial charge in [0.1, 0.15) is 11.3 Å². The summed E-state index contributed by atoms with van der Waals surface area (Å²) >= 11 is 0. The van der Waals surface area contributed by atoms with Gasteiger partial charge in [0, 0.05) is 0 Å². The SMILES string of the molecule is COc1ccc(CC(=O)NC(CO)(CO)CO)cc1. The van der Waals surface area contributed by atoms with E-state index in [4.69, 9.17) is 20.1 Å². The fourth-order valence-corrected chi connectivity index (χ4v) is 1.54. The molecule has 0 aliphatic carbocycles. The number of amides is 1. The molecule has 1 rings (SSSR count). The molecule has 6 heteroatoms. The van der Waals surface area contributed by atoms with Gasteiger partial charge in [0.15, 0.2) is 0 Å². The van der Waals surface area contributed by atoms with E-state index < -0.39 is 25.4 Å². The number of aliphatic hydroxyl groups excluding tert-OH is 3. The lowest BCUT2D eigenvalue weighted by Gasteiger charge is -2.28. The second-order valence-corrected chi connectivity index (χ2v) is 4.33. The van der Waals surface area contributed by atoms with Crippen molar-refractivity contribution in [3.63, 3.8) is 0 Å². The maximum Gasteiger partial charge on any atom is 0.225 e. The predicted octanol–water partition coefficient (Wildman–Crippen LogP) is -0.930. The number of benzene rings is 1. The molecule has 0 aliphatic heterocycles. The van der Waals surface area contributed by atoms with Gasteiger partial charge < -0.3 is 25.4 Å². The van der Waals surface area contributed by atoms with Gasteiger partial charge in [-0.1, -0.05) is 12.1 Å². The van der Waals surface area contributed by atoms with E-state index in [1.54, 1.807) is 31.4 Å². The molecule has 0 spiro atoms. The fraction of sp³-hybridized carbons (Fsp3) is 0.462. The van der Waals surface area contributed by atoms with Gasteiger partial charge in [0.05, 0.1) is 33.4 Å². The van der Waals surface area contributed by atoms with Gasteiger partial charge in [0.25, 0.3) is 0 Å². The molecule has 4 N–H and O–H groups in total. The molecule has 0 unspecified atom stereocenters. The summed E-state index contributed by atoms with van der Waals surface area (Å²) in [5.74, 6) is 0.307. The molecule has 0 fully saturated rings. The van der Waals surface area contributed by atoms with Gasteiger partial charge >= 0.3 is 0 Å². The number of methoxy groups -OCH3 is 1. The largest absolute Gasteiger partial charge is 0.497 e. The Hall–Kier alpha value is -1.63. The van der Waals surface area contributed by atoms with Gasteiger partial charge in [-0.05, 0) is 17.7 Å². The summed E-state index contributed by atoms with van der Waals surface area (Å²) < 4.78 is 5.01. The minimum atomic E-state index is -1.39. The highest BCUT2D eigenvalue weighted by Crippen LogP contribution is 2.12. The van der Waals surface area contributed by atoms with Crippen molar-refractivity contribution in [1.82, 2.24) is 5.32 Å². The molecule has 0 saturated carbocycles. The van der Waals surface area contributed by atoms with Crippen LogP contribution in [0.2, 0.25) is 0 Å². The van der Waals surface area contributed by atoms with Crippen LogP contribution in [0, 0.1) is 0 Å². The Morgan fingerprint density at radius 1 is 1.16 bits per heavy atom. The molecule has 0 atom stereocenters. The number of aliphatic hydroxyl groups is 3. The quantitative estimate of drug-likeness (QED) is 0.512. The van der Waals surface area contributed by atoms with Crippen LogP contribution in [-0.4, -0.2) is 53.7 Å². The molecule has 106 valence electrons. The monoisotopic (exact) mass is 269 g/mol. The Morgan fingerprint density at radius 3 is 2.11 bits per heavy atom. The molecular weight excluding hydrogens is 250 g/mol. The molecule has 0 aliphatic rings. The van der Waals surface area contributed by atoms with Crippen molar-refractivity contribution in [3.8, 4) is 5.75 Å². The smallest absolute Gasteiger partial charge is 0.225 e. The Kier molecular flexibility index (Phi) is 5.75. The number of carbonyl (C=O) groups is 1. The van der Waals surface area contributed by atoms with Crippen molar-refractivity contribution in [1.29, 1.82) is 0 Å². The highest BCUT2D eigenvalue weighted by molar-refractivity contribution is 5.79. The van der Waals surface area contributed by atoms with E-state index in [2.05, 4.69) is 5.32 Å². The van der Waals surface area contributed by atoms with E-state index in [0.717, 1.165) is 5.56 Å². The molecule has 1 aromatic rings. The third-order valence-corrected chi connectivity index (χ3v) is 2.84. The number of carbonyl (C=O) groups excluding carboxylic acids is 1. The summed E-state index contributed by atoms with van der Waals surface area (Å²) in [7, 11) is 1.56. The standard InChI is InChI=1S/C13H19NO5/c1-19-11-4-2-10(3-5-11)6-12(18)14-13(7-15,8-16)9-17/h2-5,15-17H,6-9H2,1H3,(H,14,18). The summed E-state index contributed by atoms with van der Waals surface area (Å²) in [6.45, 7) is -1.60. The highest BCUT2D eigenvalue weighted by atomic mass is 16.5. The normalized spacial score (nSPS) is 11.2. The van der Waals surface area contributed by atoms with Crippen LogP contribution in [0.1, 0.15) is 5.56 Å². The lowest BCUT2D eigenvalue weighted by molar-refractivity contribution is -0.124. The minimum Gasteiger partial charge on any atom is -0.497 e. The molecule has 0 bridgehead atoms. The first-order chi connectivity index (χ1) is 9.09. The molecule has 0 saturated heterocycles. The van der Waals surface area contributed by atoms with E-state index in [1.807, 2.05) is 0 Å². The van der Waals surface area contributed by atoms with E-state index >= 15 is 0 Å². The summed E-state index contributed by atoms with van der Waals surface area (Å²) in [6.07, 6.45) is 0.0890. The van der Waals surface area contributed by atoms with E-state index in [-0.39, 0.29) is 12.3 Å². The maximum atomic E-state index is 11.8. The van der Waals surface area contributed by atoms with Crippen LogP contribution in [0.4, 0.5) is 0 Å². The van der Waals surface area contributed by atoms with Crippen molar-refractivity contribution >= 4 is 5.91 Å². The van der Waals surface area contributed by atoms with Crippen molar-refractivity contribution in [3.05, 3.63) is 29.8 Å². The molecule has 0 radical (unpaired) electrons. The van der Waals surface area contributed by atoms with E-state index in [9.17, 15) is 4.79 Å². The topological polar surface area (TPSA) is 99.0 Å². The number of rotatable bonds is 7. The third kappa shape index (κ3) is 4.20. The average molecular weight is 269 g/mol. The van der Waals surface area contributed by atoms with Gasteiger partial charge in [0.2, 0.25) is 5.91 Å². The van der Waals surface area contributed by atoms with E-state index in [1.165, 1.54) is 0 Å². The Balaban J connectivity index is 2.63. The van der Waals surface area contributed by atoms with Crippen molar-refractivity contribution in [2.24, 2.45) is 0 Å². The lowest BCUT2D eigenvalue weighted by atomic mass is 10.0. The van der Waals surface area contributed by atoms with Gasteiger partial charge in [-0.3, -0.25) is 4.79 Å². The third-order valence-electron chi connectivity index (χ3n) is 2.84. The van der Waals surface area contributed by atoms with Gasteiger partial charge in [-0.2, -0.15) is 0 Å². The second kappa shape index (κ2) is 7.08. The van der Waals surface area contributed by atoms with Crippen molar-refractivity contribution in [2.45, 2.75) is 12.0 Å². The number of nitrogens with one attached hydrogen (secondary N) is 1. The van der Waals surface area contributed by atoms with Gasteiger partial charge in [-0.15, -0.1) is 0 Å². The lowest BCUT2D eigenvalue weighted by Crippen LogP contribution is -2.57. The van der Waals surface area contributed by atoms with Crippen LogP contribution in [0.25, 0.3) is 0 Å². The molecule has 1 amide bonds. The molecule has 0 aromatic heterocycles. The van der Waals surface area contributed by atoms with Crippen molar-refractivity contribution in [2.75, 3.05) is 26.9 Å². The number of hydrogen-bond acceptors (Lipinski definition) is 5. The zero-order chi connectivity index (χ0) is 14.3. The first kappa shape index (κ1) is 15.4. The van der Waals surface area contributed by atoms with Gasteiger partial charge in [-0.25, -0.2) is 0 Å². The molecule has 19 heavy (non-hydrogen) atoms. The Labute approximate surface area is 111 Å². The van der Waals surface area contributed by atoms with Crippen LogP contribution < -0.4 is 10.1 Å². The summed E-state index contributed by atoms with van der Waals surface area (Å²) in [4.78, 5) is 11.8. The molecule has 1 aromatic carbocycles. The second-order valence-electron chi connectivity index (χ2n) is 4.33. The predicted molar refractivity (Wildman–Crippen MR) is 68.8 cm³/mol. The van der Waals surface area contributed by atoms with Crippen LogP contribution >= 0.6 is 0 Å². The number of hydrogen-bond donors (Lipinski definition) is 4.